The molecule has 1 aromatic carbocycles. The van der Waals surface area contributed by atoms with Gasteiger partial charge >= 0.3 is 0 Å². The Balaban J connectivity index is 1.97. The minimum absolute atomic E-state index is 0.0110. The van der Waals surface area contributed by atoms with Crippen LogP contribution in [0.3, 0.4) is 0 Å². The van der Waals surface area contributed by atoms with Crippen LogP contribution in [-0.4, -0.2) is 45.9 Å². The lowest BCUT2D eigenvalue weighted by atomic mass is 9.96. The Kier molecular flexibility index (Phi) is 4.54. The van der Waals surface area contributed by atoms with Crippen molar-refractivity contribution in [3.8, 4) is 0 Å². The number of benzene rings is 1. The third-order valence-corrected chi connectivity index (χ3v) is 4.53. The van der Waals surface area contributed by atoms with E-state index in [0.717, 1.165) is 12.8 Å². The second-order valence-corrected chi connectivity index (χ2v) is 6.16. The number of nitrogens with zero attached hydrogens (tertiary/aromatic N) is 2. The number of hydrogen-bond donors (Lipinski definition) is 1. The molecule has 0 spiro atoms. The second kappa shape index (κ2) is 6.64. The first kappa shape index (κ1) is 17.1. The number of hydrogen-bond acceptors (Lipinski definition) is 6. The maximum atomic E-state index is 12.5. The monoisotopic (exact) mass is 346 g/mol. The van der Waals surface area contributed by atoms with Crippen LogP contribution in [-0.2, 0) is 14.3 Å². The van der Waals surface area contributed by atoms with E-state index in [1.165, 1.54) is 36.1 Å². The number of non-ortho nitro benzene ring substituents is 1. The van der Waals surface area contributed by atoms with Crippen molar-refractivity contribution >= 4 is 17.4 Å². The van der Waals surface area contributed by atoms with Crippen LogP contribution in [0.1, 0.15) is 31.4 Å². The Morgan fingerprint density at radius 1 is 1.40 bits per heavy atom. The minimum atomic E-state index is -0.769. The molecule has 1 amide bonds. The average Bonchev–Trinajstić information content (AvgIpc) is 3.17. The SMILES string of the molecule is CC(=O)C1=C(O)C(=O)N(C[C@@H]2CCCO2)[C@@H]1c1ccc([N+](=O)[O-])cc1. The maximum absolute atomic E-state index is 12.5. The average molecular weight is 346 g/mol. The zero-order chi connectivity index (χ0) is 18.1. The number of nitro groups is 1. The molecule has 1 aromatic rings. The van der Waals surface area contributed by atoms with Crippen molar-refractivity contribution in [3.05, 3.63) is 51.3 Å². The van der Waals surface area contributed by atoms with Crippen LogP contribution >= 0.6 is 0 Å². The van der Waals surface area contributed by atoms with Gasteiger partial charge in [-0.2, -0.15) is 0 Å². The van der Waals surface area contributed by atoms with Gasteiger partial charge in [0.15, 0.2) is 11.5 Å². The number of Topliss-reactive ketones (excluding diaryl/α,β-unsaturated/α-hetero) is 1. The molecule has 3 rings (SSSR count). The Labute approximate surface area is 143 Å². The van der Waals surface area contributed by atoms with E-state index in [4.69, 9.17) is 4.74 Å². The predicted molar refractivity (Wildman–Crippen MR) is 86.9 cm³/mol. The van der Waals surface area contributed by atoms with Crippen molar-refractivity contribution in [2.75, 3.05) is 13.2 Å². The Morgan fingerprint density at radius 2 is 2.08 bits per heavy atom. The van der Waals surface area contributed by atoms with E-state index in [1.807, 2.05) is 0 Å². The van der Waals surface area contributed by atoms with E-state index >= 15 is 0 Å². The Hall–Kier alpha value is -2.74. The van der Waals surface area contributed by atoms with E-state index in [2.05, 4.69) is 0 Å². The molecule has 1 saturated heterocycles. The molecule has 2 aliphatic rings. The van der Waals surface area contributed by atoms with Gasteiger partial charge in [-0.15, -0.1) is 0 Å². The molecule has 1 fully saturated rings. The van der Waals surface area contributed by atoms with E-state index in [0.29, 0.717) is 12.2 Å². The molecule has 0 unspecified atom stereocenters. The van der Waals surface area contributed by atoms with Gasteiger partial charge in [0, 0.05) is 25.3 Å². The molecule has 132 valence electrons. The van der Waals surface area contributed by atoms with Crippen LogP contribution in [0.5, 0.6) is 0 Å². The molecule has 2 heterocycles. The lowest BCUT2D eigenvalue weighted by Gasteiger charge is -2.28. The van der Waals surface area contributed by atoms with Gasteiger partial charge in [-0.3, -0.25) is 19.7 Å². The highest BCUT2D eigenvalue weighted by Gasteiger charge is 2.43. The van der Waals surface area contributed by atoms with Crippen molar-refractivity contribution in [3.63, 3.8) is 0 Å². The topological polar surface area (TPSA) is 110 Å². The zero-order valence-corrected chi connectivity index (χ0v) is 13.7. The van der Waals surface area contributed by atoms with Gasteiger partial charge in [0.25, 0.3) is 11.6 Å². The number of ketones is 1. The lowest BCUT2D eigenvalue weighted by Crippen LogP contribution is -2.37. The van der Waals surface area contributed by atoms with Gasteiger partial charge in [-0.05, 0) is 37.5 Å². The number of aliphatic hydroxyl groups is 1. The minimum Gasteiger partial charge on any atom is -0.503 e. The first-order valence-corrected chi connectivity index (χ1v) is 8.01. The molecule has 0 saturated carbocycles. The van der Waals surface area contributed by atoms with Crippen LogP contribution < -0.4 is 0 Å². The van der Waals surface area contributed by atoms with Gasteiger partial charge in [-0.25, -0.2) is 0 Å². The largest absolute Gasteiger partial charge is 0.503 e. The molecule has 25 heavy (non-hydrogen) atoms. The summed E-state index contributed by atoms with van der Waals surface area (Å²) in [5.41, 5.74) is 0.458. The van der Waals surface area contributed by atoms with Crippen molar-refractivity contribution in [1.29, 1.82) is 0 Å². The molecular formula is C17H18N2O6. The molecule has 2 atom stereocenters. The molecule has 0 bridgehead atoms. The third kappa shape index (κ3) is 3.12. The summed E-state index contributed by atoms with van der Waals surface area (Å²) < 4.78 is 5.56. The van der Waals surface area contributed by atoms with Crippen LogP contribution in [0, 0.1) is 10.1 Å². The van der Waals surface area contributed by atoms with Crippen LogP contribution in [0.15, 0.2) is 35.6 Å². The summed E-state index contributed by atoms with van der Waals surface area (Å²) in [6, 6.07) is 4.87. The van der Waals surface area contributed by atoms with E-state index in [1.54, 1.807) is 0 Å². The number of ether oxygens (including phenoxy) is 1. The highest BCUT2D eigenvalue weighted by Crippen LogP contribution is 2.38. The molecule has 0 aromatic heterocycles. The molecule has 0 aliphatic carbocycles. The fourth-order valence-corrected chi connectivity index (χ4v) is 3.33. The van der Waals surface area contributed by atoms with Crippen LogP contribution in [0.2, 0.25) is 0 Å². The van der Waals surface area contributed by atoms with Gasteiger partial charge < -0.3 is 14.7 Å². The van der Waals surface area contributed by atoms with Crippen LogP contribution in [0.4, 0.5) is 5.69 Å². The summed E-state index contributed by atoms with van der Waals surface area (Å²) in [7, 11) is 0. The van der Waals surface area contributed by atoms with Gasteiger partial charge in [-0.1, -0.05) is 0 Å². The summed E-state index contributed by atoms with van der Waals surface area (Å²) in [6.45, 7) is 2.15. The smallest absolute Gasteiger partial charge is 0.290 e. The van der Waals surface area contributed by atoms with Gasteiger partial charge in [0.2, 0.25) is 0 Å². The Morgan fingerprint density at radius 3 is 2.60 bits per heavy atom. The number of aliphatic hydroxyl groups excluding tert-OH is 1. The maximum Gasteiger partial charge on any atom is 0.290 e. The fraction of sp³-hybridized carbons (Fsp3) is 0.412. The van der Waals surface area contributed by atoms with Crippen molar-refractivity contribution in [2.24, 2.45) is 0 Å². The summed E-state index contributed by atoms with van der Waals surface area (Å²) in [5.74, 6) is -1.60. The summed E-state index contributed by atoms with van der Waals surface area (Å²) >= 11 is 0. The second-order valence-electron chi connectivity index (χ2n) is 6.16. The zero-order valence-electron chi connectivity index (χ0n) is 13.7. The number of carbonyl (C=O) groups excluding carboxylic acids is 2. The number of amides is 1. The number of rotatable bonds is 5. The molecule has 0 radical (unpaired) electrons. The predicted octanol–water partition coefficient (Wildman–Crippen LogP) is 2.06. The highest BCUT2D eigenvalue weighted by molar-refractivity contribution is 6.08. The number of nitro benzene ring substituents is 1. The first-order valence-electron chi connectivity index (χ1n) is 8.01. The Bertz CT molecular complexity index is 749. The standard InChI is InChI=1S/C17H18N2O6/c1-10(20)14-15(11-4-6-12(7-5-11)19(23)24)18(17(22)16(14)21)9-13-3-2-8-25-13/h4-7,13,15,21H,2-3,8-9H2,1H3/t13-,15+/m0/s1. The van der Waals surface area contributed by atoms with Crippen molar-refractivity contribution < 1.29 is 24.4 Å². The normalized spacial score (nSPS) is 23.4. The van der Waals surface area contributed by atoms with Crippen molar-refractivity contribution in [2.45, 2.75) is 31.9 Å². The van der Waals surface area contributed by atoms with Gasteiger partial charge in [0.05, 0.1) is 22.6 Å². The van der Waals surface area contributed by atoms with Gasteiger partial charge in [0.1, 0.15) is 0 Å². The number of carbonyl (C=O) groups is 2. The van der Waals surface area contributed by atoms with E-state index in [9.17, 15) is 24.8 Å². The van der Waals surface area contributed by atoms with Crippen molar-refractivity contribution in [1.82, 2.24) is 4.90 Å². The summed E-state index contributed by atoms with van der Waals surface area (Å²) in [4.78, 5) is 36.2. The third-order valence-electron chi connectivity index (χ3n) is 4.53. The molecule has 2 aliphatic heterocycles. The quantitative estimate of drug-likeness (QED) is 0.645. The van der Waals surface area contributed by atoms with E-state index in [-0.39, 0.29) is 23.9 Å². The lowest BCUT2D eigenvalue weighted by molar-refractivity contribution is -0.384. The molecule has 1 N–H and O–H groups in total. The first-order chi connectivity index (χ1) is 11.9. The summed E-state index contributed by atoms with van der Waals surface area (Å²) in [5, 5.41) is 21.0. The molecule has 8 nitrogen and oxygen atoms in total. The van der Waals surface area contributed by atoms with Crippen LogP contribution in [0.25, 0.3) is 0 Å². The molecular weight excluding hydrogens is 328 g/mol. The summed E-state index contributed by atoms with van der Waals surface area (Å²) in [6.07, 6.45) is 1.55. The van der Waals surface area contributed by atoms with E-state index < -0.39 is 28.4 Å². The fourth-order valence-electron chi connectivity index (χ4n) is 3.33. The molecule has 8 heteroatoms. The highest BCUT2D eigenvalue weighted by atomic mass is 16.6.